The third-order valence-electron chi connectivity index (χ3n) is 5.93. The average Bonchev–Trinajstić information content (AvgIpc) is 2.95. The lowest BCUT2D eigenvalue weighted by atomic mass is 9.80. The van der Waals surface area contributed by atoms with Crippen molar-refractivity contribution in [2.24, 2.45) is 11.3 Å². The molecule has 7 nitrogen and oxygen atoms in total. The second kappa shape index (κ2) is 5.84. The summed E-state index contributed by atoms with van der Waals surface area (Å²) >= 11 is -0.831. The van der Waals surface area contributed by atoms with Crippen LogP contribution >= 0.6 is 0 Å². The molecule has 8 heteroatoms. The zero-order valence-corrected chi connectivity index (χ0v) is 15.2. The fraction of sp³-hybridized carbons (Fsp3) is 0.647. The molecule has 25 heavy (non-hydrogen) atoms. The van der Waals surface area contributed by atoms with Crippen LogP contribution in [0.2, 0.25) is 0 Å². The zero-order valence-electron chi connectivity index (χ0n) is 14.4. The molecule has 4 heterocycles. The largest absolute Gasteiger partial charge is 0.598 e. The van der Waals surface area contributed by atoms with Gasteiger partial charge in [-0.3, -0.25) is 0 Å². The molecule has 1 atom stereocenters. The van der Waals surface area contributed by atoms with Crippen LogP contribution in [0.15, 0.2) is 18.6 Å². The summed E-state index contributed by atoms with van der Waals surface area (Å²) in [6.45, 7) is 3.59. The summed E-state index contributed by atoms with van der Waals surface area (Å²) in [4.78, 5) is 14.1. The van der Waals surface area contributed by atoms with E-state index in [1.807, 2.05) is 12.3 Å². The zero-order chi connectivity index (χ0) is 17.0. The van der Waals surface area contributed by atoms with Gasteiger partial charge >= 0.3 is 0 Å². The number of aromatic nitrogens is 3. The molecule has 1 N–H and O–H groups in total. The highest BCUT2D eigenvalue weighted by Gasteiger charge is 2.54. The number of ether oxygens (including phenoxy) is 1. The van der Waals surface area contributed by atoms with Crippen LogP contribution in [0, 0.1) is 11.3 Å². The van der Waals surface area contributed by atoms with Gasteiger partial charge in [0.1, 0.15) is 23.5 Å². The Bertz CT molecular complexity index is 765. The van der Waals surface area contributed by atoms with Crippen molar-refractivity contribution in [3.05, 3.63) is 18.6 Å². The first-order valence-electron chi connectivity index (χ1n) is 8.86. The Hall–Kier alpha value is -1.35. The molecule has 1 saturated carbocycles. The van der Waals surface area contributed by atoms with Crippen LogP contribution in [-0.4, -0.2) is 69.0 Å². The molecule has 2 aromatic heterocycles. The lowest BCUT2D eigenvalue weighted by Gasteiger charge is -2.53. The van der Waals surface area contributed by atoms with Gasteiger partial charge in [-0.1, -0.05) is 0 Å². The van der Waals surface area contributed by atoms with Gasteiger partial charge in [0.15, 0.2) is 0 Å². The van der Waals surface area contributed by atoms with E-state index >= 15 is 0 Å². The minimum Gasteiger partial charge on any atom is -0.598 e. The van der Waals surface area contributed by atoms with Gasteiger partial charge < -0.3 is 19.2 Å². The van der Waals surface area contributed by atoms with Gasteiger partial charge in [-0.2, -0.15) is 0 Å². The molecule has 0 aromatic carbocycles. The molecule has 134 valence electrons. The van der Waals surface area contributed by atoms with Crippen molar-refractivity contribution in [3.8, 4) is 0 Å². The predicted octanol–water partition coefficient (Wildman–Crippen LogP) is 1.17. The van der Waals surface area contributed by atoms with Crippen molar-refractivity contribution < 1.29 is 9.29 Å². The molecule has 3 aliphatic rings. The fourth-order valence-electron chi connectivity index (χ4n) is 4.19. The quantitative estimate of drug-likeness (QED) is 0.805. The first kappa shape index (κ1) is 15.9. The summed E-state index contributed by atoms with van der Waals surface area (Å²) in [5, 5.41) is 1.06. The molecular formula is C17H23N5O2S. The molecule has 1 unspecified atom stereocenters. The van der Waals surface area contributed by atoms with Crippen LogP contribution in [0.5, 0.6) is 0 Å². The van der Waals surface area contributed by atoms with Crippen molar-refractivity contribution in [1.82, 2.24) is 19.3 Å². The maximum absolute atomic E-state index is 12.5. The smallest absolute Gasteiger partial charge is 0.142 e. The van der Waals surface area contributed by atoms with E-state index in [0.717, 1.165) is 61.7 Å². The minimum atomic E-state index is -0.831. The van der Waals surface area contributed by atoms with Gasteiger partial charge in [0.25, 0.3) is 0 Å². The Morgan fingerprint density at radius 1 is 1.40 bits per heavy atom. The summed E-state index contributed by atoms with van der Waals surface area (Å²) in [5.41, 5.74) is 1.22. The number of anilines is 1. The number of rotatable bonds is 5. The van der Waals surface area contributed by atoms with Crippen molar-refractivity contribution in [1.29, 1.82) is 0 Å². The Balaban J connectivity index is 1.14. The number of hydrogen-bond donors (Lipinski definition) is 1. The summed E-state index contributed by atoms with van der Waals surface area (Å²) in [6.07, 6.45) is 5.68. The standard InChI is InChI=1S/C17H23N5O2S/c1-21(16-14-2-3-18-15(14)19-11-20-16)13-4-12(5-13)6-25(23)22-7-17(8-22)9-24-10-17/h2-3,11-13H,4-10H2,1H3,(H,18,19,20)/t12-,13+,25?. The topological polar surface area (TPSA) is 80.3 Å². The van der Waals surface area contributed by atoms with E-state index in [0.29, 0.717) is 17.4 Å². The Morgan fingerprint density at radius 3 is 2.92 bits per heavy atom. The summed E-state index contributed by atoms with van der Waals surface area (Å²) < 4.78 is 19.9. The van der Waals surface area contributed by atoms with Crippen molar-refractivity contribution in [3.63, 3.8) is 0 Å². The van der Waals surface area contributed by atoms with E-state index in [2.05, 4.69) is 31.2 Å². The summed E-state index contributed by atoms with van der Waals surface area (Å²) in [6, 6.07) is 2.49. The van der Waals surface area contributed by atoms with Crippen LogP contribution in [-0.2, 0) is 16.1 Å². The van der Waals surface area contributed by atoms with Crippen molar-refractivity contribution in [2.45, 2.75) is 18.9 Å². The highest BCUT2D eigenvalue weighted by Crippen LogP contribution is 2.41. The summed E-state index contributed by atoms with van der Waals surface area (Å²) in [5.74, 6) is 2.32. The van der Waals surface area contributed by atoms with Crippen LogP contribution in [0.1, 0.15) is 12.8 Å². The van der Waals surface area contributed by atoms with Gasteiger partial charge in [0, 0.05) is 36.6 Å². The van der Waals surface area contributed by atoms with E-state index in [-0.39, 0.29) is 0 Å². The normalized spacial score (nSPS) is 29.0. The van der Waals surface area contributed by atoms with Gasteiger partial charge in [-0.05, 0) is 18.9 Å². The molecule has 2 saturated heterocycles. The molecule has 2 aromatic rings. The SMILES string of the molecule is CN(c1ncnc2[nH]ccc12)[C@H]1C[C@@H](C[S+]([O-])N2CC3(COC3)C2)C1. The predicted molar refractivity (Wildman–Crippen MR) is 96.6 cm³/mol. The van der Waals surface area contributed by atoms with E-state index in [9.17, 15) is 4.55 Å². The molecule has 1 spiro atoms. The second-order valence-corrected chi connectivity index (χ2v) is 9.31. The molecule has 3 fully saturated rings. The lowest BCUT2D eigenvalue weighted by Crippen LogP contribution is -2.67. The maximum Gasteiger partial charge on any atom is 0.142 e. The third kappa shape index (κ3) is 2.63. The Labute approximate surface area is 150 Å². The van der Waals surface area contributed by atoms with Crippen LogP contribution in [0.3, 0.4) is 0 Å². The average molecular weight is 361 g/mol. The highest BCUT2D eigenvalue weighted by molar-refractivity contribution is 7.89. The monoisotopic (exact) mass is 361 g/mol. The second-order valence-electron chi connectivity index (χ2n) is 7.82. The Morgan fingerprint density at radius 2 is 2.20 bits per heavy atom. The number of nitrogens with zero attached hydrogens (tertiary/aromatic N) is 4. The van der Waals surface area contributed by atoms with E-state index in [4.69, 9.17) is 4.74 Å². The maximum atomic E-state index is 12.5. The molecule has 2 aliphatic heterocycles. The van der Waals surface area contributed by atoms with Crippen LogP contribution in [0.25, 0.3) is 11.0 Å². The van der Waals surface area contributed by atoms with Gasteiger partial charge in [0.2, 0.25) is 0 Å². The molecular weight excluding hydrogens is 338 g/mol. The molecule has 1 aliphatic carbocycles. The molecule has 0 radical (unpaired) electrons. The highest BCUT2D eigenvalue weighted by atomic mass is 32.2. The van der Waals surface area contributed by atoms with Crippen molar-refractivity contribution in [2.75, 3.05) is 44.0 Å². The van der Waals surface area contributed by atoms with Gasteiger partial charge in [-0.25, -0.2) is 9.97 Å². The fourth-order valence-corrected chi connectivity index (χ4v) is 5.91. The van der Waals surface area contributed by atoms with Gasteiger partial charge in [-0.15, -0.1) is 4.31 Å². The number of fused-ring (bicyclic) bond motifs is 1. The molecule has 0 bridgehead atoms. The first-order valence-corrected chi connectivity index (χ1v) is 10.1. The number of H-pyrrole nitrogens is 1. The number of aromatic amines is 1. The Kier molecular flexibility index (Phi) is 3.70. The lowest BCUT2D eigenvalue weighted by molar-refractivity contribution is -0.166. The third-order valence-corrected chi connectivity index (χ3v) is 7.52. The first-order chi connectivity index (χ1) is 12.1. The van der Waals surface area contributed by atoms with Crippen LogP contribution in [0.4, 0.5) is 5.82 Å². The van der Waals surface area contributed by atoms with Crippen LogP contribution < -0.4 is 4.90 Å². The van der Waals surface area contributed by atoms with E-state index in [1.54, 1.807) is 6.33 Å². The van der Waals surface area contributed by atoms with E-state index < -0.39 is 11.4 Å². The van der Waals surface area contributed by atoms with Gasteiger partial charge in [0.05, 0.1) is 37.1 Å². The number of nitrogens with one attached hydrogen (secondary N) is 1. The minimum absolute atomic E-state index is 0.340. The molecule has 0 amide bonds. The van der Waals surface area contributed by atoms with E-state index in [1.165, 1.54) is 0 Å². The molecule has 5 rings (SSSR count). The summed E-state index contributed by atoms with van der Waals surface area (Å²) in [7, 11) is 2.10. The number of hydrogen-bond acceptors (Lipinski definition) is 6. The van der Waals surface area contributed by atoms with Crippen molar-refractivity contribution >= 4 is 28.2 Å².